The Balaban J connectivity index is 2.02. The number of carbonyl (C=O) groups excluding carboxylic acids is 2. The second-order valence-electron chi connectivity index (χ2n) is 6.45. The van der Waals surface area contributed by atoms with Gasteiger partial charge in [-0.25, -0.2) is 4.98 Å². The predicted molar refractivity (Wildman–Crippen MR) is 82.0 cm³/mol. The lowest BCUT2D eigenvalue weighted by Crippen LogP contribution is -2.47. The van der Waals surface area contributed by atoms with E-state index in [0.717, 1.165) is 12.8 Å². The number of fused-ring (bicyclic) bond motifs is 2. The van der Waals surface area contributed by atoms with Crippen molar-refractivity contribution >= 4 is 44.1 Å². The van der Waals surface area contributed by atoms with Crippen LogP contribution in [0.2, 0.25) is 0 Å². The molecule has 3 rings (SSSR count). The Hall–Kier alpha value is -0.750. The highest BCUT2D eigenvalue weighted by atomic mass is 79.9. The molecule has 0 spiro atoms. The fraction of sp³-hybridized carbons (Fsp3) is 0.643. The van der Waals surface area contributed by atoms with Crippen LogP contribution in [0.25, 0.3) is 0 Å². The largest absolute Gasteiger partial charge is 0.301 e. The van der Waals surface area contributed by atoms with Crippen LogP contribution in [0.1, 0.15) is 33.6 Å². The Bertz CT molecular complexity index is 586. The highest BCUT2D eigenvalue weighted by Crippen LogP contribution is 2.72. The molecule has 0 radical (unpaired) electrons. The maximum atomic E-state index is 12.9. The van der Waals surface area contributed by atoms with Gasteiger partial charge < -0.3 is 5.32 Å². The van der Waals surface area contributed by atoms with E-state index in [0.29, 0.717) is 5.13 Å². The standard InChI is InChI=1S/C14H17BrN2O2S/c1-12(2)13(3)4-5-14(12,8(15)9(13)18)10(19)17-11-16-6-7-20-11/h6-8H,4-5H2,1-3H3,(H,16,17,19)/t8-,13+,14+/m1/s1. The quantitative estimate of drug-likeness (QED) is 0.827. The molecular formula is C14H17BrN2O2S. The molecule has 4 nitrogen and oxygen atoms in total. The van der Waals surface area contributed by atoms with Gasteiger partial charge in [0.25, 0.3) is 0 Å². The molecule has 1 aromatic rings. The number of nitrogens with zero attached hydrogens (tertiary/aromatic N) is 1. The summed E-state index contributed by atoms with van der Waals surface area (Å²) >= 11 is 4.90. The summed E-state index contributed by atoms with van der Waals surface area (Å²) in [6, 6.07) is 0. The van der Waals surface area contributed by atoms with Crippen LogP contribution in [0, 0.1) is 16.2 Å². The van der Waals surface area contributed by atoms with Crippen molar-refractivity contribution in [3.05, 3.63) is 11.6 Å². The molecule has 0 aromatic carbocycles. The van der Waals surface area contributed by atoms with Crippen molar-refractivity contribution in [3.63, 3.8) is 0 Å². The molecule has 1 heterocycles. The van der Waals surface area contributed by atoms with Crippen LogP contribution in [-0.4, -0.2) is 21.5 Å². The van der Waals surface area contributed by atoms with Gasteiger partial charge in [-0.1, -0.05) is 36.7 Å². The van der Waals surface area contributed by atoms with Crippen molar-refractivity contribution in [3.8, 4) is 0 Å². The lowest BCUT2D eigenvalue weighted by Gasteiger charge is -2.39. The number of nitrogens with one attached hydrogen (secondary N) is 1. The summed E-state index contributed by atoms with van der Waals surface area (Å²) in [7, 11) is 0. The lowest BCUT2D eigenvalue weighted by molar-refractivity contribution is -0.130. The Morgan fingerprint density at radius 1 is 1.45 bits per heavy atom. The zero-order chi connectivity index (χ0) is 14.8. The van der Waals surface area contributed by atoms with Crippen LogP contribution in [0.4, 0.5) is 5.13 Å². The van der Waals surface area contributed by atoms with E-state index in [2.05, 4.69) is 26.2 Å². The summed E-state index contributed by atoms with van der Waals surface area (Å²) in [6.45, 7) is 6.08. The van der Waals surface area contributed by atoms with E-state index in [1.807, 2.05) is 26.2 Å². The molecule has 0 unspecified atom stereocenters. The Kier molecular flexibility index (Phi) is 2.93. The van der Waals surface area contributed by atoms with Gasteiger partial charge in [-0.3, -0.25) is 9.59 Å². The Morgan fingerprint density at radius 2 is 2.15 bits per heavy atom. The number of rotatable bonds is 2. The summed E-state index contributed by atoms with van der Waals surface area (Å²) in [4.78, 5) is 29.1. The number of Topliss-reactive ketones (excluding diaryl/α,β-unsaturated/α-hetero) is 1. The first-order chi connectivity index (χ1) is 9.27. The van der Waals surface area contributed by atoms with E-state index in [1.165, 1.54) is 11.3 Å². The third kappa shape index (κ3) is 1.39. The van der Waals surface area contributed by atoms with Crippen LogP contribution < -0.4 is 5.32 Å². The van der Waals surface area contributed by atoms with Crippen LogP contribution in [0.5, 0.6) is 0 Å². The summed E-state index contributed by atoms with van der Waals surface area (Å²) in [5.74, 6) is 0.0666. The van der Waals surface area contributed by atoms with Crippen LogP contribution in [-0.2, 0) is 9.59 Å². The third-order valence-electron chi connectivity index (χ3n) is 5.78. The fourth-order valence-electron chi connectivity index (χ4n) is 3.95. The van der Waals surface area contributed by atoms with Gasteiger partial charge in [-0.15, -0.1) is 11.3 Å². The number of hydrogen-bond acceptors (Lipinski definition) is 4. The van der Waals surface area contributed by atoms with E-state index in [9.17, 15) is 9.59 Å². The molecule has 2 aliphatic carbocycles. The van der Waals surface area contributed by atoms with Crippen LogP contribution in [0.15, 0.2) is 11.6 Å². The zero-order valence-corrected chi connectivity index (χ0v) is 14.1. The number of hydrogen-bond donors (Lipinski definition) is 1. The first kappa shape index (κ1) is 14.2. The smallest absolute Gasteiger partial charge is 0.234 e. The maximum absolute atomic E-state index is 12.9. The second-order valence-corrected chi connectivity index (χ2v) is 8.26. The van der Waals surface area contributed by atoms with Gasteiger partial charge in [0.15, 0.2) is 10.9 Å². The van der Waals surface area contributed by atoms with Crippen molar-refractivity contribution in [2.45, 2.75) is 38.4 Å². The SMILES string of the molecule is CC1(C)[C@@]2(C)CC[C@@]1(C(=O)Nc1nccs1)[C@H](Br)C2=O. The number of aromatic nitrogens is 1. The van der Waals surface area contributed by atoms with Crippen LogP contribution in [0.3, 0.4) is 0 Å². The molecule has 1 aromatic heterocycles. The summed E-state index contributed by atoms with van der Waals surface area (Å²) < 4.78 is 0. The molecule has 108 valence electrons. The first-order valence-corrected chi connectivity index (χ1v) is 8.46. The molecule has 6 heteroatoms. The number of ketones is 1. The average molecular weight is 357 g/mol. The fourth-order valence-corrected chi connectivity index (χ4v) is 5.99. The molecule has 3 atom stereocenters. The summed E-state index contributed by atoms with van der Waals surface area (Å²) in [5.41, 5.74) is -1.49. The first-order valence-electron chi connectivity index (χ1n) is 6.67. The van der Waals surface area contributed by atoms with E-state index in [4.69, 9.17) is 0 Å². The molecule has 1 N–H and O–H groups in total. The normalized spacial score (nSPS) is 38.2. The van der Waals surface area contributed by atoms with E-state index in [-0.39, 0.29) is 17.1 Å². The molecule has 2 bridgehead atoms. The molecule has 2 saturated carbocycles. The molecule has 20 heavy (non-hydrogen) atoms. The van der Waals surface area contributed by atoms with Crippen molar-refractivity contribution in [2.24, 2.45) is 16.2 Å². The molecule has 2 fully saturated rings. The number of anilines is 1. The Labute approximate surface area is 130 Å². The van der Waals surface area contributed by atoms with Crippen LogP contribution >= 0.6 is 27.3 Å². The number of halogens is 1. The summed E-state index contributed by atoms with van der Waals surface area (Å²) in [6.07, 6.45) is 3.16. The zero-order valence-electron chi connectivity index (χ0n) is 11.7. The second kappa shape index (κ2) is 4.13. The highest BCUT2D eigenvalue weighted by molar-refractivity contribution is 9.10. The van der Waals surface area contributed by atoms with E-state index in [1.54, 1.807) is 6.20 Å². The number of amides is 1. The van der Waals surface area contributed by atoms with Gasteiger partial charge in [0.1, 0.15) is 0 Å². The van der Waals surface area contributed by atoms with Gasteiger partial charge in [-0.2, -0.15) is 0 Å². The van der Waals surface area contributed by atoms with Gasteiger partial charge in [0.05, 0.1) is 10.2 Å². The van der Waals surface area contributed by atoms with Crippen molar-refractivity contribution in [2.75, 3.05) is 5.32 Å². The molecule has 0 saturated heterocycles. The van der Waals surface area contributed by atoms with Gasteiger partial charge in [0, 0.05) is 17.0 Å². The lowest BCUT2D eigenvalue weighted by atomic mass is 9.64. The molecule has 1 amide bonds. The Morgan fingerprint density at radius 3 is 2.65 bits per heavy atom. The predicted octanol–water partition coefficient (Wildman–Crippen LogP) is 3.24. The van der Waals surface area contributed by atoms with E-state index >= 15 is 0 Å². The minimum absolute atomic E-state index is 0.0890. The van der Waals surface area contributed by atoms with E-state index < -0.39 is 15.7 Å². The number of thiazole rings is 1. The number of alkyl halides is 1. The summed E-state index contributed by atoms with van der Waals surface area (Å²) in [5, 5.41) is 5.30. The van der Waals surface area contributed by atoms with Gasteiger partial charge in [-0.05, 0) is 18.3 Å². The van der Waals surface area contributed by atoms with Gasteiger partial charge >= 0.3 is 0 Å². The highest BCUT2D eigenvalue weighted by Gasteiger charge is 2.76. The minimum Gasteiger partial charge on any atom is -0.301 e. The minimum atomic E-state index is -0.690. The maximum Gasteiger partial charge on any atom is 0.234 e. The monoisotopic (exact) mass is 356 g/mol. The topological polar surface area (TPSA) is 59.1 Å². The van der Waals surface area contributed by atoms with Crippen molar-refractivity contribution in [1.29, 1.82) is 0 Å². The third-order valence-corrected chi connectivity index (χ3v) is 7.66. The van der Waals surface area contributed by atoms with Crippen molar-refractivity contribution < 1.29 is 9.59 Å². The number of carbonyl (C=O) groups is 2. The molecule has 0 aliphatic heterocycles. The molecular weight excluding hydrogens is 340 g/mol. The van der Waals surface area contributed by atoms with Gasteiger partial charge in [0.2, 0.25) is 5.91 Å². The molecule has 2 aliphatic rings. The average Bonchev–Trinajstić information content (AvgIpc) is 2.97. The van der Waals surface area contributed by atoms with Crippen molar-refractivity contribution in [1.82, 2.24) is 4.98 Å².